The highest BCUT2D eigenvalue weighted by Gasteiger charge is 2.26. The normalized spacial score (nSPS) is 18.3. The molecule has 1 saturated heterocycles. The van der Waals surface area contributed by atoms with Crippen LogP contribution >= 0.6 is 0 Å². The van der Waals surface area contributed by atoms with Crippen molar-refractivity contribution in [1.29, 1.82) is 0 Å². The van der Waals surface area contributed by atoms with Crippen molar-refractivity contribution < 1.29 is 23.1 Å². The van der Waals surface area contributed by atoms with E-state index < -0.39 is 21.7 Å². The van der Waals surface area contributed by atoms with Crippen LogP contribution in [0, 0.1) is 5.92 Å². The molecule has 0 radical (unpaired) electrons. The van der Waals surface area contributed by atoms with Gasteiger partial charge in [0.25, 0.3) is 0 Å². The van der Waals surface area contributed by atoms with Crippen LogP contribution in [0.1, 0.15) is 30.7 Å². The Morgan fingerprint density at radius 3 is 2.33 bits per heavy atom. The Bertz CT molecular complexity index is 585. The fourth-order valence-electron chi connectivity index (χ4n) is 2.64. The lowest BCUT2D eigenvalue weighted by atomic mass is 9.85. The van der Waals surface area contributed by atoms with Crippen molar-refractivity contribution in [3.63, 3.8) is 0 Å². The van der Waals surface area contributed by atoms with Gasteiger partial charge in [0.15, 0.2) is 9.84 Å². The Labute approximate surface area is 124 Å². The first-order chi connectivity index (χ1) is 9.88. The minimum atomic E-state index is -3.26. The van der Waals surface area contributed by atoms with Gasteiger partial charge in [-0.05, 0) is 42.9 Å². The molecule has 6 heteroatoms. The molecule has 21 heavy (non-hydrogen) atoms. The topological polar surface area (TPSA) is 80.7 Å². The zero-order valence-electron chi connectivity index (χ0n) is 12.0. The van der Waals surface area contributed by atoms with Crippen molar-refractivity contribution >= 4 is 15.8 Å². The second-order valence-corrected chi connectivity index (χ2v) is 7.54. The minimum absolute atomic E-state index is 0.210. The third-order valence-corrected chi connectivity index (χ3v) is 5.05. The van der Waals surface area contributed by atoms with Gasteiger partial charge in [-0.1, -0.05) is 12.1 Å². The fraction of sp³-hybridized carbons (Fsp3) is 0.533. The molecule has 0 unspecified atom stereocenters. The van der Waals surface area contributed by atoms with E-state index in [1.165, 1.54) is 12.1 Å². The van der Waals surface area contributed by atoms with Crippen LogP contribution < -0.4 is 0 Å². The van der Waals surface area contributed by atoms with Crippen LogP contribution in [0.4, 0.5) is 0 Å². The molecular weight excluding hydrogens is 292 g/mol. The zero-order valence-corrected chi connectivity index (χ0v) is 12.8. The summed E-state index contributed by atoms with van der Waals surface area (Å²) in [5, 5.41) is 9.44. The Hall–Kier alpha value is -1.40. The molecule has 0 spiro atoms. The van der Waals surface area contributed by atoms with Crippen LogP contribution in [0.15, 0.2) is 29.2 Å². The molecule has 5 nitrogen and oxygen atoms in total. The summed E-state index contributed by atoms with van der Waals surface area (Å²) < 4.78 is 28.2. The number of carbonyl (C=O) groups is 1. The first kappa shape index (κ1) is 16.0. The van der Waals surface area contributed by atoms with Gasteiger partial charge in [-0.2, -0.15) is 0 Å². The standard InChI is InChI=1S/C15H20O5S/c1-21(18,19)13-4-2-12(3-5-13)14(15(16)17)10-11-6-8-20-9-7-11/h2-5,11,14H,6-10H2,1H3,(H,16,17)/t14-/m1/s1. The lowest BCUT2D eigenvalue weighted by Gasteiger charge is -2.25. The van der Waals surface area contributed by atoms with Crippen LogP contribution in [-0.2, 0) is 19.4 Å². The largest absolute Gasteiger partial charge is 0.481 e. The maximum Gasteiger partial charge on any atom is 0.310 e. The van der Waals surface area contributed by atoms with Gasteiger partial charge < -0.3 is 9.84 Å². The van der Waals surface area contributed by atoms with E-state index in [0.717, 1.165) is 19.1 Å². The molecule has 0 aromatic heterocycles. The van der Waals surface area contributed by atoms with Crippen molar-refractivity contribution in [2.24, 2.45) is 5.92 Å². The van der Waals surface area contributed by atoms with Gasteiger partial charge >= 0.3 is 5.97 Å². The first-order valence-corrected chi connectivity index (χ1v) is 8.87. The van der Waals surface area contributed by atoms with Gasteiger partial charge in [-0.3, -0.25) is 4.79 Å². The van der Waals surface area contributed by atoms with Gasteiger partial charge in [-0.15, -0.1) is 0 Å². The van der Waals surface area contributed by atoms with Crippen molar-refractivity contribution in [2.45, 2.75) is 30.1 Å². The van der Waals surface area contributed by atoms with Crippen molar-refractivity contribution in [3.8, 4) is 0 Å². The summed E-state index contributed by atoms with van der Waals surface area (Å²) in [6.07, 6.45) is 3.46. The van der Waals surface area contributed by atoms with Gasteiger partial charge in [0, 0.05) is 19.5 Å². The number of carboxylic acid groups (broad SMARTS) is 1. The molecule has 2 rings (SSSR count). The Kier molecular flexibility index (Phi) is 5.00. The molecule has 0 saturated carbocycles. The number of ether oxygens (including phenoxy) is 1. The fourth-order valence-corrected chi connectivity index (χ4v) is 3.27. The second kappa shape index (κ2) is 6.58. The first-order valence-electron chi connectivity index (χ1n) is 6.98. The van der Waals surface area contributed by atoms with Crippen LogP contribution in [0.3, 0.4) is 0 Å². The van der Waals surface area contributed by atoms with E-state index in [1.54, 1.807) is 12.1 Å². The molecule has 1 fully saturated rings. The van der Waals surface area contributed by atoms with Crippen LogP contribution in [0.2, 0.25) is 0 Å². The smallest absolute Gasteiger partial charge is 0.310 e. The number of sulfone groups is 1. The van der Waals surface area contributed by atoms with Gasteiger partial charge in [0.05, 0.1) is 10.8 Å². The summed E-state index contributed by atoms with van der Waals surface area (Å²) in [5.74, 6) is -1.12. The van der Waals surface area contributed by atoms with Crippen LogP contribution in [-0.4, -0.2) is 39.0 Å². The number of hydrogen-bond donors (Lipinski definition) is 1. The molecule has 1 aromatic rings. The highest BCUT2D eigenvalue weighted by atomic mass is 32.2. The second-order valence-electron chi connectivity index (χ2n) is 5.52. The van der Waals surface area contributed by atoms with E-state index in [2.05, 4.69) is 0 Å². The maximum atomic E-state index is 11.5. The average molecular weight is 312 g/mol. The Morgan fingerprint density at radius 1 is 1.29 bits per heavy atom. The van der Waals surface area contributed by atoms with E-state index in [1.807, 2.05) is 0 Å². The SMILES string of the molecule is CS(=O)(=O)c1ccc([C@@H](CC2CCOCC2)C(=O)O)cc1. The van der Waals surface area contributed by atoms with Crippen molar-refractivity contribution in [1.82, 2.24) is 0 Å². The van der Waals surface area contributed by atoms with Gasteiger partial charge in [0.1, 0.15) is 0 Å². The van der Waals surface area contributed by atoms with Crippen molar-refractivity contribution in [2.75, 3.05) is 19.5 Å². The van der Waals surface area contributed by atoms with E-state index >= 15 is 0 Å². The third kappa shape index (κ3) is 4.28. The highest BCUT2D eigenvalue weighted by Crippen LogP contribution is 2.30. The molecule has 1 aliphatic heterocycles. The van der Waals surface area contributed by atoms with Crippen LogP contribution in [0.25, 0.3) is 0 Å². The summed E-state index contributed by atoms with van der Waals surface area (Å²) in [5.41, 5.74) is 0.654. The van der Waals surface area contributed by atoms with Gasteiger partial charge in [-0.25, -0.2) is 8.42 Å². The predicted octanol–water partition coefficient (Wildman–Crippen LogP) is 2.08. The number of hydrogen-bond acceptors (Lipinski definition) is 4. The lowest BCUT2D eigenvalue weighted by molar-refractivity contribution is -0.139. The number of carboxylic acids is 1. The number of aliphatic carboxylic acids is 1. The molecule has 1 N–H and O–H groups in total. The lowest BCUT2D eigenvalue weighted by Crippen LogP contribution is -2.21. The average Bonchev–Trinajstić information content (AvgIpc) is 2.45. The third-order valence-electron chi connectivity index (χ3n) is 3.92. The molecule has 1 aliphatic rings. The highest BCUT2D eigenvalue weighted by molar-refractivity contribution is 7.90. The summed E-state index contributed by atoms with van der Waals surface area (Å²) in [6, 6.07) is 6.16. The molecule has 1 heterocycles. The monoisotopic (exact) mass is 312 g/mol. The van der Waals surface area contributed by atoms with E-state index in [0.29, 0.717) is 31.1 Å². The zero-order chi connectivity index (χ0) is 15.5. The maximum absolute atomic E-state index is 11.5. The molecule has 116 valence electrons. The number of benzene rings is 1. The van der Waals surface area contributed by atoms with E-state index in [4.69, 9.17) is 4.74 Å². The summed E-state index contributed by atoms with van der Waals surface area (Å²) in [6.45, 7) is 1.37. The van der Waals surface area contributed by atoms with Crippen molar-refractivity contribution in [3.05, 3.63) is 29.8 Å². The molecule has 0 amide bonds. The number of rotatable bonds is 5. The molecule has 1 atom stereocenters. The molecule has 0 bridgehead atoms. The molecular formula is C15H20O5S. The van der Waals surface area contributed by atoms with Crippen LogP contribution in [0.5, 0.6) is 0 Å². The minimum Gasteiger partial charge on any atom is -0.481 e. The quantitative estimate of drug-likeness (QED) is 0.900. The summed E-state index contributed by atoms with van der Waals surface area (Å²) >= 11 is 0. The molecule has 0 aliphatic carbocycles. The predicted molar refractivity (Wildman–Crippen MR) is 78.1 cm³/mol. The Balaban J connectivity index is 2.16. The van der Waals surface area contributed by atoms with E-state index in [9.17, 15) is 18.3 Å². The molecule has 1 aromatic carbocycles. The van der Waals surface area contributed by atoms with E-state index in [-0.39, 0.29) is 4.90 Å². The summed E-state index contributed by atoms with van der Waals surface area (Å²) in [7, 11) is -3.26. The summed E-state index contributed by atoms with van der Waals surface area (Å²) in [4.78, 5) is 11.7. The Morgan fingerprint density at radius 2 is 1.86 bits per heavy atom. The van der Waals surface area contributed by atoms with Gasteiger partial charge in [0.2, 0.25) is 0 Å².